The fraction of sp³-hybridized carbons (Fsp3) is 0.429. The van der Waals surface area contributed by atoms with Gasteiger partial charge in [0.05, 0.1) is 6.20 Å². The van der Waals surface area contributed by atoms with Gasteiger partial charge in [0.1, 0.15) is 11.5 Å². The quantitative estimate of drug-likeness (QED) is 0.735. The molecule has 0 bridgehead atoms. The molecule has 2 amide bonds. The lowest BCUT2D eigenvalue weighted by molar-refractivity contribution is 0.254. The van der Waals surface area contributed by atoms with Gasteiger partial charge in [0, 0.05) is 20.1 Å². The van der Waals surface area contributed by atoms with Gasteiger partial charge < -0.3 is 17.2 Å². The van der Waals surface area contributed by atoms with Gasteiger partial charge in [-0.3, -0.25) is 9.58 Å². The molecule has 1 rings (SSSR count). The minimum Gasteiger partial charge on any atom is -0.382 e. The van der Waals surface area contributed by atoms with E-state index < -0.39 is 6.03 Å². The van der Waals surface area contributed by atoms with Crippen molar-refractivity contribution in [2.75, 3.05) is 23.7 Å². The third-order valence-corrected chi connectivity index (χ3v) is 1.87. The van der Waals surface area contributed by atoms with E-state index in [2.05, 4.69) is 5.10 Å². The van der Waals surface area contributed by atoms with Crippen LogP contribution in [0.3, 0.4) is 0 Å². The van der Waals surface area contributed by atoms with Crippen LogP contribution in [-0.2, 0) is 7.05 Å². The minimum absolute atomic E-state index is 0. The van der Waals surface area contributed by atoms with Crippen LogP contribution in [-0.4, -0.2) is 28.9 Å². The molecule has 1 aromatic rings. The molecule has 0 aromatic carbocycles. The molecule has 0 radical (unpaired) electrons. The van der Waals surface area contributed by atoms with Crippen LogP contribution in [0.5, 0.6) is 0 Å². The Morgan fingerprint density at radius 2 is 2.00 bits per heavy atom. The number of aromatic nitrogens is 2. The minimum atomic E-state index is -0.588. The summed E-state index contributed by atoms with van der Waals surface area (Å²) in [5.74, 6) is 0.386. The molecule has 0 spiro atoms. The van der Waals surface area contributed by atoms with Gasteiger partial charge >= 0.3 is 6.03 Å². The van der Waals surface area contributed by atoms with Crippen molar-refractivity contribution in [1.29, 1.82) is 0 Å². The number of nitrogen functional groups attached to an aromatic ring is 1. The third-order valence-electron chi connectivity index (χ3n) is 1.87. The lowest BCUT2D eigenvalue weighted by Crippen LogP contribution is -2.39. The molecule has 7 nitrogen and oxygen atoms in total. The number of nitrogens with zero attached hydrogens (tertiary/aromatic N) is 3. The zero-order chi connectivity index (χ0) is 10.7. The highest BCUT2D eigenvalue weighted by Gasteiger charge is 2.16. The van der Waals surface area contributed by atoms with Gasteiger partial charge in [-0.05, 0) is 0 Å². The summed E-state index contributed by atoms with van der Waals surface area (Å²) in [6.07, 6.45) is 1.48. The monoisotopic (exact) mass is 306 g/mol. The number of carbonyl (C=O) groups is 1. The third kappa shape index (κ3) is 4.86. The lowest BCUT2D eigenvalue weighted by atomic mass is 10.4. The summed E-state index contributed by atoms with van der Waals surface area (Å²) >= 11 is 0. The van der Waals surface area contributed by atoms with E-state index in [1.807, 2.05) is 0 Å². The van der Waals surface area contributed by atoms with Crippen molar-refractivity contribution in [3.05, 3.63) is 6.20 Å². The van der Waals surface area contributed by atoms with Crippen molar-refractivity contribution in [3.63, 3.8) is 0 Å². The van der Waals surface area contributed by atoms with E-state index in [1.54, 1.807) is 7.05 Å². The molecule has 6 N–H and O–H groups in total. The Hall–Kier alpha value is -0.890. The number of aryl methyl sites for hydroxylation is 1. The maximum Gasteiger partial charge on any atom is 0.319 e. The smallest absolute Gasteiger partial charge is 0.319 e. The molecule has 0 aliphatic heterocycles. The number of primary amides is 1. The molecule has 17 heavy (non-hydrogen) atoms. The number of carbonyl (C=O) groups excluding carboxylic acids is 1. The van der Waals surface area contributed by atoms with Crippen molar-refractivity contribution in [1.82, 2.24) is 9.78 Å². The van der Waals surface area contributed by atoms with E-state index in [0.717, 1.165) is 0 Å². The van der Waals surface area contributed by atoms with Crippen LogP contribution in [0.1, 0.15) is 0 Å². The average Bonchev–Trinajstić information content (AvgIpc) is 2.44. The Bertz CT molecular complexity index is 344. The van der Waals surface area contributed by atoms with Crippen LogP contribution in [0.2, 0.25) is 0 Å². The summed E-state index contributed by atoms with van der Waals surface area (Å²) in [4.78, 5) is 12.3. The number of hydrogen-bond acceptors (Lipinski definition) is 4. The molecule has 0 aliphatic carbocycles. The molecule has 0 unspecified atom stereocenters. The summed E-state index contributed by atoms with van der Waals surface area (Å²) < 4.78 is 1.46. The molecule has 0 fully saturated rings. The first-order chi connectivity index (χ1) is 6.57. The molecule has 1 heterocycles. The van der Waals surface area contributed by atoms with Gasteiger partial charge in [-0.25, -0.2) is 4.79 Å². The molecule has 0 saturated heterocycles. The molecule has 102 valence electrons. The Morgan fingerprint density at radius 3 is 2.29 bits per heavy atom. The van der Waals surface area contributed by atoms with E-state index in [1.165, 1.54) is 15.8 Å². The number of amides is 2. The summed E-state index contributed by atoms with van der Waals surface area (Å²) in [7, 11) is 1.68. The normalized spacial score (nSPS) is 8.35. The molecule has 0 saturated carbocycles. The lowest BCUT2D eigenvalue weighted by Gasteiger charge is -2.18. The van der Waals surface area contributed by atoms with Gasteiger partial charge in [-0.1, -0.05) is 0 Å². The van der Waals surface area contributed by atoms with Crippen molar-refractivity contribution >= 4 is 54.8 Å². The highest BCUT2D eigenvalue weighted by atomic mass is 35.5. The summed E-state index contributed by atoms with van der Waals surface area (Å²) in [6, 6.07) is -0.588. The van der Waals surface area contributed by atoms with Crippen LogP contribution in [0.15, 0.2) is 6.20 Å². The van der Waals surface area contributed by atoms with Gasteiger partial charge in [-0.15, -0.1) is 37.2 Å². The van der Waals surface area contributed by atoms with Crippen LogP contribution >= 0.6 is 37.2 Å². The van der Waals surface area contributed by atoms with Gasteiger partial charge in [0.25, 0.3) is 0 Å². The number of nitrogens with two attached hydrogens (primary N) is 3. The largest absolute Gasteiger partial charge is 0.382 e. The van der Waals surface area contributed by atoms with Crippen LogP contribution in [0, 0.1) is 0 Å². The molecular formula is C7H17Cl3N6O. The maximum absolute atomic E-state index is 11.1. The summed E-state index contributed by atoms with van der Waals surface area (Å²) in [5, 5.41) is 3.90. The zero-order valence-corrected chi connectivity index (χ0v) is 11.6. The first-order valence-corrected chi connectivity index (χ1v) is 4.12. The first-order valence-electron chi connectivity index (χ1n) is 4.12. The second-order valence-electron chi connectivity index (χ2n) is 2.82. The highest BCUT2D eigenvalue weighted by Crippen LogP contribution is 2.20. The number of urea groups is 1. The van der Waals surface area contributed by atoms with E-state index in [9.17, 15) is 4.79 Å². The number of anilines is 2. The topological polar surface area (TPSA) is 116 Å². The Kier molecular flexibility index (Phi) is 11.5. The summed E-state index contributed by atoms with van der Waals surface area (Å²) in [5.41, 5.74) is 16.7. The highest BCUT2D eigenvalue weighted by molar-refractivity contribution is 5.93. The average molecular weight is 308 g/mol. The van der Waals surface area contributed by atoms with E-state index in [0.29, 0.717) is 24.6 Å². The van der Waals surface area contributed by atoms with Crippen molar-refractivity contribution in [2.45, 2.75) is 0 Å². The number of hydrogen-bond donors (Lipinski definition) is 3. The second-order valence-corrected chi connectivity index (χ2v) is 2.82. The Balaban J connectivity index is -0.000000653. The fourth-order valence-corrected chi connectivity index (χ4v) is 1.12. The Labute approximate surface area is 118 Å². The van der Waals surface area contributed by atoms with Crippen molar-refractivity contribution in [3.8, 4) is 0 Å². The van der Waals surface area contributed by atoms with Crippen LogP contribution in [0.25, 0.3) is 0 Å². The van der Waals surface area contributed by atoms with Crippen LogP contribution < -0.4 is 22.1 Å². The van der Waals surface area contributed by atoms with Gasteiger partial charge in [-0.2, -0.15) is 5.10 Å². The summed E-state index contributed by atoms with van der Waals surface area (Å²) in [6.45, 7) is 0.641. The van der Waals surface area contributed by atoms with Gasteiger partial charge in [0.2, 0.25) is 0 Å². The van der Waals surface area contributed by atoms with E-state index in [-0.39, 0.29) is 37.2 Å². The fourth-order valence-electron chi connectivity index (χ4n) is 1.12. The van der Waals surface area contributed by atoms with E-state index in [4.69, 9.17) is 17.2 Å². The predicted octanol–water partition coefficient (Wildman–Crippen LogP) is 0.111. The maximum atomic E-state index is 11.1. The van der Waals surface area contributed by atoms with Crippen LogP contribution in [0.4, 0.5) is 16.3 Å². The molecule has 10 heteroatoms. The van der Waals surface area contributed by atoms with E-state index >= 15 is 0 Å². The second kappa shape index (κ2) is 9.17. The number of halogens is 3. The molecule has 0 aliphatic rings. The SMILES string of the molecule is Cl.Cl.Cl.Cn1ncc(N(CCN)C(N)=O)c1N. The Morgan fingerprint density at radius 1 is 1.47 bits per heavy atom. The standard InChI is InChI=1S/C7H14N6O.3ClH/c1-12-6(9)5(4-11-12)13(3-2-8)7(10)14;;;/h4H,2-3,8-9H2,1H3,(H2,10,14);3*1H. The van der Waals surface area contributed by atoms with Crippen molar-refractivity contribution < 1.29 is 4.79 Å². The van der Waals surface area contributed by atoms with Crippen molar-refractivity contribution in [2.24, 2.45) is 18.5 Å². The van der Waals surface area contributed by atoms with Gasteiger partial charge in [0.15, 0.2) is 0 Å². The molecule has 1 aromatic heterocycles. The predicted molar refractivity (Wildman–Crippen MR) is 75.3 cm³/mol. The molecular weight excluding hydrogens is 290 g/mol. The first kappa shape index (κ1) is 21.4. The zero-order valence-electron chi connectivity index (χ0n) is 9.20. The molecule has 0 atom stereocenters. The number of rotatable bonds is 3.